The van der Waals surface area contributed by atoms with Crippen molar-refractivity contribution < 1.29 is 18.9 Å². The van der Waals surface area contributed by atoms with Crippen LogP contribution in [0.15, 0.2) is 200 Å². The number of hydrogen-bond acceptors (Lipinski definition) is 5. The first-order valence-corrected chi connectivity index (χ1v) is 28.2. The lowest BCUT2D eigenvalue weighted by atomic mass is 10.0. The van der Waals surface area contributed by atoms with E-state index >= 15 is 0 Å². The Morgan fingerprint density at radius 2 is 0.600 bits per heavy atom. The van der Waals surface area contributed by atoms with E-state index in [1.807, 2.05) is 36.4 Å². The molecule has 3 aliphatic rings. The van der Waals surface area contributed by atoms with Gasteiger partial charge in [-0.3, -0.25) is 0 Å². The van der Waals surface area contributed by atoms with Crippen LogP contribution in [0, 0.1) is 0 Å². The number of rotatable bonds is 6. The fourth-order valence-electron chi connectivity index (χ4n) is 9.98. The predicted molar refractivity (Wildman–Crippen MR) is 271 cm³/mol. The lowest BCUT2D eigenvalue weighted by Gasteiger charge is -2.34. The van der Waals surface area contributed by atoms with Gasteiger partial charge in [-0.15, -0.1) is 0 Å². The molecule has 3 heterocycles. The van der Waals surface area contributed by atoms with Crippen molar-refractivity contribution >= 4 is 54.0 Å². The average Bonchev–Trinajstić information content (AvgIpc) is 3.34. The van der Waals surface area contributed by atoms with E-state index in [0.717, 1.165) is 73.4 Å². The Morgan fingerprint density at radius 3 is 1.05 bits per heavy atom. The molecular weight excluding hydrogens is 831 g/mol. The Bertz CT molecular complexity index is 3170. The van der Waals surface area contributed by atoms with Crippen LogP contribution < -0.4 is 44.6 Å². The molecule has 0 fully saturated rings. The van der Waals surface area contributed by atoms with Crippen LogP contribution in [-0.4, -0.2) is 16.1 Å². The molecule has 0 bridgehead atoms. The van der Waals surface area contributed by atoms with Crippen molar-refractivity contribution in [3.63, 3.8) is 0 Å². The van der Waals surface area contributed by atoms with Crippen molar-refractivity contribution in [2.75, 3.05) is 4.90 Å². The maximum atomic E-state index is 6.73. The first kappa shape index (κ1) is 39.0. The van der Waals surface area contributed by atoms with E-state index in [1.54, 1.807) is 0 Å². The van der Waals surface area contributed by atoms with Gasteiger partial charge in [-0.1, -0.05) is 160 Å². The fraction of sp³-hybridized carbons (Fsp3) is 0.0690. The van der Waals surface area contributed by atoms with Gasteiger partial charge >= 0.3 is 0 Å². The lowest BCUT2D eigenvalue weighted by molar-refractivity contribution is 0.361. The largest absolute Gasteiger partial charge is 0.457 e. The molecule has 0 atom stereocenters. The van der Waals surface area contributed by atoms with E-state index in [0.29, 0.717) is 23.0 Å². The Hall–Kier alpha value is -7.59. The van der Waals surface area contributed by atoms with Crippen LogP contribution in [-0.2, 0) is 0 Å². The van der Waals surface area contributed by atoms with Gasteiger partial charge in [0.25, 0.3) is 0 Å². The monoisotopic (exact) mass is 875 g/mol. The number of nitrogens with zero attached hydrogens (tertiary/aromatic N) is 1. The molecule has 314 valence electrons. The molecule has 0 saturated carbocycles. The Kier molecular flexibility index (Phi) is 9.02. The van der Waals surface area contributed by atoms with E-state index in [4.69, 9.17) is 18.9 Å². The number of hydrogen-bond donors (Lipinski definition) is 0. The highest BCUT2D eigenvalue weighted by molar-refractivity contribution is 7.02. The second-order valence-electron chi connectivity index (χ2n) is 18.1. The van der Waals surface area contributed by atoms with Gasteiger partial charge in [-0.2, -0.15) is 0 Å². The fourth-order valence-corrected chi connectivity index (χ4v) is 15.6. The summed E-state index contributed by atoms with van der Waals surface area (Å²) in [6.07, 6.45) is 0. The molecule has 65 heavy (non-hydrogen) atoms. The molecule has 0 radical (unpaired) electrons. The molecule has 3 aliphatic heterocycles. The number of anilines is 3. The van der Waals surface area contributed by atoms with Crippen molar-refractivity contribution in [2.45, 2.75) is 26.2 Å². The summed E-state index contributed by atoms with van der Waals surface area (Å²) >= 11 is 0. The van der Waals surface area contributed by atoms with E-state index < -0.39 is 16.1 Å². The Balaban J connectivity index is 0.927. The zero-order valence-electron chi connectivity index (χ0n) is 36.6. The van der Waals surface area contributed by atoms with Gasteiger partial charge in [-0.25, -0.2) is 0 Å². The molecule has 5 nitrogen and oxygen atoms in total. The highest BCUT2D eigenvalue weighted by Gasteiger charge is 2.38. The predicted octanol–water partition coefficient (Wildman–Crippen LogP) is 13.9. The SMILES string of the molecule is C[Si]1(C)c2ccccc2Oc2c(-c3ccc(N(c4ccc(-c5cccc6c5Oc5ccccc5O6)cc4)c4ccc(-c5cccc6c5Oc5ccccc5[Si]6(C)C)cc4)cc3)cccc21. The Labute approximate surface area is 381 Å². The normalized spacial score (nSPS) is 14.3. The molecule has 0 N–H and O–H groups in total. The molecule has 0 aromatic heterocycles. The minimum Gasteiger partial charge on any atom is -0.457 e. The quantitative estimate of drug-likeness (QED) is 0.156. The van der Waals surface area contributed by atoms with Crippen molar-refractivity contribution in [2.24, 2.45) is 0 Å². The summed E-state index contributed by atoms with van der Waals surface area (Å²) in [5, 5.41) is 5.31. The molecule has 0 aliphatic carbocycles. The Morgan fingerprint density at radius 1 is 0.277 bits per heavy atom. The molecule has 0 amide bonds. The first-order chi connectivity index (χ1) is 31.7. The molecule has 0 spiro atoms. The van der Waals surface area contributed by atoms with Gasteiger partial charge < -0.3 is 23.8 Å². The maximum Gasteiger partial charge on any atom is 0.177 e. The molecular formula is C58H45NO4Si2. The summed E-state index contributed by atoms with van der Waals surface area (Å²) in [5.74, 6) is 6.72. The van der Waals surface area contributed by atoms with Crippen LogP contribution in [0.2, 0.25) is 26.2 Å². The topological polar surface area (TPSA) is 40.2 Å². The first-order valence-electron chi connectivity index (χ1n) is 22.2. The average molecular weight is 876 g/mol. The third kappa shape index (κ3) is 6.41. The van der Waals surface area contributed by atoms with Gasteiger partial charge in [0.15, 0.2) is 23.0 Å². The van der Waals surface area contributed by atoms with Crippen molar-refractivity contribution in [1.29, 1.82) is 0 Å². The van der Waals surface area contributed by atoms with Gasteiger partial charge in [-0.05, 0) is 104 Å². The molecule has 0 saturated heterocycles. The summed E-state index contributed by atoms with van der Waals surface area (Å²) in [7, 11) is -3.96. The number of ether oxygens (including phenoxy) is 4. The summed E-state index contributed by atoms with van der Waals surface area (Å²) in [6, 6.07) is 70.6. The third-order valence-electron chi connectivity index (χ3n) is 13.5. The highest BCUT2D eigenvalue weighted by atomic mass is 28.3. The standard InChI is InChI=1S/C58H45NO4Si2/c1-64(2)52-22-9-7-19-49(52)62-57-45(15-12-24-54(57)64)39-28-34-42(35-29-39)59(41-32-26-38(27-33-41)44-14-11-21-51-56(44)61-48-18-6-5-17-47(48)60-51)43-36-30-40(31-37-43)46-16-13-25-55-58(46)63-50-20-8-10-23-53(50)65(55,3)4/h5-37H,1-4H3. The number of para-hydroxylation sites is 7. The van der Waals surface area contributed by atoms with Crippen LogP contribution in [0.25, 0.3) is 33.4 Å². The summed E-state index contributed by atoms with van der Waals surface area (Å²) in [5.41, 5.74) is 9.52. The minimum atomic E-state index is -1.98. The van der Waals surface area contributed by atoms with Crippen molar-refractivity contribution in [1.82, 2.24) is 0 Å². The van der Waals surface area contributed by atoms with Crippen LogP contribution in [0.1, 0.15) is 0 Å². The number of benzene rings is 9. The summed E-state index contributed by atoms with van der Waals surface area (Å²) < 4.78 is 26.2. The van der Waals surface area contributed by atoms with Crippen molar-refractivity contribution in [3.8, 4) is 79.4 Å². The van der Waals surface area contributed by atoms with E-state index in [1.165, 1.54) is 20.7 Å². The lowest BCUT2D eigenvalue weighted by Crippen LogP contribution is -2.56. The smallest absolute Gasteiger partial charge is 0.177 e. The van der Waals surface area contributed by atoms with Crippen LogP contribution >= 0.6 is 0 Å². The van der Waals surface area contributed by atoms with Gasteiger partial charge in [0.1, 0.15) is 39.1 Å². The highest BCUT2D eigenvalue weighted by Crippen LogP contribution is 2.50. The molecule has 0 unspecified atom stereocenters. The molecule has 7 heteroatoms. The van der Waals surface area contributed by atoms with Crippen molar-refractivity contribution in [3.05, 3.63) is 200 Å². The zero-order valence-corrected chi connectivity index (χ0v) is 38.6. The summed E-state index contributed by atoms with van der Waals surface area (Å²) in [6.45, 7) is 9.67. The third-order valence-corrected chi connectivity index (χ3v) is 20.5. The molecule has 12 rings (SSSR count). The molecule has 9 aromatic carbocycles. The maximum absolute atomic E-state index is 6.73. The van der Waals surface area contributed by atoms with Gasteiger partial charge in [0.2, 0.25) is 0 Å². The summed E-state index contributed by atoms with van der Waals surface area (Å²) in [4.78, 5) is 2.32. The van der Waals surface area contributed by atoms with E-state index in [9.17, 15) is 0 Å². The van der Waals surface area contributed by atoms with Crippen LogP contribution in [0.5, 0.6) is 46.0 Å². The van der Waals surface area contributed by atoms with E-state index in [2.05, 4.69) is 195 Å². The molecule has 9 aromatic rings. The zero-order chi connectivity index (χ0) is 43.9. The second kappa shape index (κ2) is 15.0. The minimum absolute atomic E-state index is 0.701. The number of fused-ring (bicyclic) bond motifs is 6. The van der Waals surface area contributed by atoms with Gasteiger partial charge in [0, 0.05) is 33.8 Å². The van der Waals surface area contributed by atoms with Crippen LogP contribution in [0.3, 0.4) is 0 Å². The van der Waals surface area contributed by atoms with Crippen LogP contribution in [0.4, 0.5) is 17.1 Å². The second-order valence-corrected chi connectivity index (χ2v) is 26.7. The van der Waals surface area contributed by atoms with E-state index in [-0.39, 0.29) is 0 Å². The van der Waals surface area contributed by atoms with Gasteiger partial charge in [0.05, 0.1) is 0 Å².